The van der Waals surface area contributed by atoms with Gasteiger partial charge >= 0.3 is 5.63 Å². The summed E-state index contributed by atoms with van der Waals surface area (Å²) in [6.45, 7) is 4.87. The Kier molecular flexibility index (Phi) is 4.76. The van der Waals surface area contributed by atoms with E-state index in [2.05, 4.69) is 5.32 Å². The molecule has 0 amide bonds. The van der Waals surface area contributed by atoms with Crippen LogP contribution in [0.25, 0.3) is 11.0 Å². The maximum absolute atomic E-state index is 11.8. The molecule has 4 nitrogen and oxygen atoms in total. The van der Waals surface area contributed by atoms with E-state index in [1.807, 2.05) is 44.2 Å². The third kappa shape index (κ3) is 3.39. The maximum atomic E-state index is 11.8. The van der Waals surface area contributed by atoms with Gasteiger partial charge in [-0.15, -0.1) is 0 Å². The highest BCUT2D eigenvalue weighted by molar-refractivity contribution is 6.32. The summed E-state index contributed by atoms with van der Waals surface area (Å²) in [5, 5.41) is 4.79. The first-order valence-corrected chi connectivity index (χ1v) is 8.15. The first-order chi connectivity index (χ1) is 11.6. The first-order valence-electron chi connectivity index (χ1n) is 7.77. The van der Waals surface area contributed by atoms with Crippen molar-refractivity contribution in [2.24, 2.45) is 0 Å². The topological polar surface area (TPSA) is 51.5 Å². The van der Waals surface area contributed by atoms with E-state index in [4.69, 9.17) is 20.8 Å². The molecule has 0 saturated carbocycles. The van der Waals surface area contributed by atoms with Gasteiger partial charge in [0.15, 0.2) is 0 Å². The van der Waals surface area contributed by atoms with Crippen LogP contribution in [0.5, 0.6) is 5.75 Å². The van der Waals surface area contributed by atoms with E-state index in [0.717, 1.165) is 28.0 Å². The van der Waals surface area contributed by atoms with E-state index in [1.165, 1.54) is 6.07 Å². The minimum absolute atomic E-state index is 0.376. The van der Waals surface area contributed by atoms with E-state index in [0.29, 0.717) is 23.8 Å². The lowest BCUT2D eigenvalue weighted by Gasteiger charge is -2.13. The van der Waals surface area contributed by atoms with E-state index in [9.17, 15) is 4.79 Å². The molecule has 0 aliphatic heterocycles. The Morgan fingerprint density at radius 1 is 1.21 bits per heavy atom. The van der Waals surface area contributed by atoms with Crippen LogP contribution in [-0.2, 0) is 6.54 Å². The Bertz CT molecular complexity index is 934. The third-order valence-electron chi connectivity index (χ3n) is 3.77. The third-order valence-corrected chi connectivity index (χ3v) is 4.17. The van der Waals surface area contributed by atoms with Crippen LogP contribution in [0.4, 0.5) is 5.69 Å². The molecule has 0 bridgehead atoms. The minimum atomic E-state index is -0.376. The Morgan fingerprint density at radius 2 is 2.00 bits per heavy atom. The summed E-state index contributed by atoms with van der Waals surface area (Å²) >= 11 is 6.22. The van der Waals surface area contributed by atoms with E-state index >= 15 is 0 Å². The molecule has 124 valence electrons. The summed E-state index contributed by atoms with van der Waals surface area (Å²) < 4.78 is 10.9. The average Bonchev–Trinajstić information content (AvgIpc) is 2.56. The van der Waals surface area contributed by atoms with Crippen LogP contribution in [0.2, 0.25) is 5.02 Å². The largest absolute Gasteiger partial charge is 0.492 e. The normalized spacial score (nSPS) is 10.8. The zero-order chi connectivity index (χ0) is 17.1. The van der Waals surface area contributed by atoms with Gasteiger partial charge in [0, 0.05) is 23.0 Å². The van der Waals surface area contributed by atoms with E-state index in [-0.39, 0.29) is 5.63 Å². The number of aryl methyl sites for hydroxylation is 1. The summed E-state index contributed by atoms with van der Waals surface area (Å²) in [4.78, 5) is 11.8. The smallest absolute Gasteiger partial charge is 0.336 e. The quantitative estimate of drug-likeness (QED) is 0.678. The summed E-state index contributed by atoms with van der Waals surface area (Å²) in [6, 6.07) is 12.8. The molecule has 3 rings (SSSR count). The van der Waals surface area contributed by atoms with Gasteiger partial charge in [0.25, 0.3) is 0 Å². The number of para-hydroxylation sites is 2. The van der Waals surface area contributed by atoms with Crippen molar-refractivity contribution in [3.05, 3.63) is 69.0 Å². The number of hydrogen-bond acceptors (Lipinski definition) is 4. The van der Waals surface area contributed by atoms with Gasteiger partial charge in [-0.25, -0.2) is 4.79 Å². The van der Waals surface area contributed by atoms with Crippen LogP contribution in [0.1, 0.15) is 18.1 Å². The molecule has 1 N–H and O–H groups in total. The molecular weight excluding hydrogens is 326 g/mol. The standard InChI is InChI=1S/C19H18ClNO3/c1-3-23-17-7-5-4-6-16(17)21-11-13-9-19(22)24-18-8-12(2)15(20)10-14(13)18/h4-10,21H,3,11H2,1-2H3. The van der Waals surface area contributed by atoms with Crippen molar-refractivity contribution in [2.75, 3.05) is 11.9 Å². The Hall–Kier alpha value is -2.46. The summed E-state index contributed by atoms with van der Waals surface area (Å²) in [7, 11) is 0. The zero-order valence-corrected chi connectivity index (χ0v) is 14.3. The fourth-order valence-corrected chi connectivity index (χ4v) is 2.74. The molecule has 0 spiro atoms. The van der Waals surface area contributed by atoms with Crippen molar-refractivity contribution in [3.8, 4) is 5.75 Å². The van der Waals surface area contributed by atoms with Crippen LogP contribution in [0, 0.1) is 6.92 Å². The van der Waals surface area contributed by atoms with E-state index < -0.39 is 0 Å². The second kappa shape index (κ2) is 6.97. The Morgan fingerprint density at radius 3 is 2.79 bits per heavy atom. The van der Waals surface area contributed by atoms with Gasteiger partial charge < -0.3 is 14.5 Å². The summed E-state index contributed by atoms with van der Waals surface area (Å²) in [5.74, 6) is 0.779. The number of rotatable bonds is 5. The van der Waals surface area contributed by atoms with Crippen molar-refractivity contribution in [2.45, 2.75) is 20.4 Å². The molecule has 24 heavy (non-hydrogen) atoms. The van der Waals surface area contributed by atoms with Crippen molar-refractivity contribution < 1.29 is 9.15 Å². The fraction of sp³-hybridized carbons (Fsp3) is 0.211. The molecule has 2 aromatic carbocycles. The average molecular weight is 344 g/mol. The second-order valence-electron chi connectivity index (χ2n) is 5.47. The van der Waals surface area contributed by atoms with Crippen LogP contribution >= 0.6 is 11.6 Å². The molecule has 1 aromatic heterocycles. The molecule has 0 saturated heterocycles. The van der Waals surface area contributed by atoms with Gasteiger partial charge in [-0.05, 0) is 49.2 Å². The monoisotopic (exact) mass is 343 g/mol. The molecule has 0 radical (unpaired) electrons. The number of benzene rings is 2. The van der Waals surface area contributed by atoms with Crippen molar-refractivity contribution in [1.82, 2.24) is 0 Å². The van der Waals surface area contributed by atoms with Crippen molar-refractivity contribution in [1.29, 1.82) is 0 Å². The van der Waals surface area contributed by atoms with Gasteiger partial charge in [-0.2, -0.15) is 0 Å². The van der Waals surface area contributed by atoms with Gasteiger partial charge in [0.2, 0.25) is 0 Å². The van der Waals surface area contributed by atoms with Gasteiger partial charge in [-0.3, -0.25) is 0 Å². The molecule has 5 heteroatoms. The van der Waals surface area contributed by atoms with Gasteiger partial charge in [0.1, 0.15) is 11.3 Å². The number of anilines is 1. The maximum Gasteiger partial charge on any atom is 0.336 e. The minimum Gasteiger partial charge on any atom is -0.492 e. The molecule has 1 heterocycles. The zero-order valence-electron chi connectivity index (χ0n) is 13.6. The highest BCUT2D eigenvalue weighted by Crippen LogP contribution is 2.27. The molecule has 0 aliphatic carbocycles. The number of hydrogen-bond donors (Lipinski definition) is 1. The lowest BCUT2D eigenvalue weighted by Crippen LogP contribution is -2.07. The molecule has 0 atom stereocenters. The molecule has 0 unspecified atom stereocenters. The Balaban J connectivity index is 1.96. The number of ether oxygens (including phenoxy) is 1. The Labute approximate surface area is 145 Å². The summed E-state index contributed by atoms with van der Waals surface area (Å²) in [5.41, 5.74) is 2.74. The van der Waals surface area contributed by atoms with Gasteiger partial charge in [0.05, 0.1) is 12.3 Å². The number of fused-ring (bicyclic) bond motifs is 1. The lowest BCUT2D eigenvalue weighted by atomic mass is 10.1. The van der Waals surface area contributed by atoms with Gasteiger partial charge in [-0.1, -0.05) is 23.7 Å². The van der Waals surface area contributed by atoms with Crippen LogP contribution in [0.15, 0.2) is 51.7 Å². The van der Waals surface area contributed by atoms with Crippen LogP contribution in [0.3, 0.4) is 0 Å². The molecule has 3 aromatic rings. The predicted octanol–water partition coefficient (Wildman–Crippen LogP) is 4.77. The highest BCUT2D eigenvalue weighted by atomic mass is 35.5. The van der Waals surface area contributed by atoms with Crippen LogP contribution in [-0.4, -0.2) is 6.61 Å². The molecule has 0 aliphatic rings. The summed E-state index contributed by atoms with van der Waals surface area (Å²) in [6.07, 6.45) is 0. The lowest BCUT2D eigenvalue weighted by molar-refractivity contribution is 0.341. The predicted molar refractivity (Wildman–Crippen MR) is 97.2 cm³/mol. The fourth-order valence-electron chi connectivity index (χ4n) is 2.58. The number of halogens is 1. The number of nitrogens with one attached hydrogen (secondary N) is 1. The van der Waals surface area contributed by atoms with E-state index in [1.54, 1.807) is 6.07 Å². The van der Waals surface area contributed by atoms with Crippen molar-refractivity contribution >= 4 is 28.3 Å². The van der Waals surface area contributed by atoms with Crippen molar-refractivity contribution in [3.63, 3.8) is 0 Å². The highest BCUT2D eigenvalue weighted by Gasteiger charge is 2.09. The van der Waals surface area contributed by atoms with Crippen LogP contribution < -0.4 is 15.7 Å². The molecular formula is C19H18ClNO3. The first kappa shape index (κ1) is 16.4. The second-order valence-corrected chi connectivity index (χ2v) is 5.88. The molecule has 0 fully saturated rings. The SMILES string of the molecule is CCOc1ccccc1NCc1cc(=O)oc2cc(C)c(Cl)cc12.